The second-order valence-corrected chi connectivity index (χ2v) is 4.92. The van der Waals surface area contributed by atoms with Crippen LogP contribution >= 0.6 is 0 Å². The molecule has 124 valence electrons. The number of ether oxygens (including phenoxy) is 2. The molecule has 0 aromatic heterocycles. The molecule has 1 rings (SSSR count). The summed E-state index contributed by atoms with van der Waals surface area (Å²) in [6.45, 7) is 1.66. The van der Waals surface area contributed by atoms with Crippen molar-refractivity contribution in [2.24, 2.45) is 0 Å². The zero-order chi connectivity index (χ0) is 16.9. The van der Waals surface area contributed by atoms with Crippen molar-refractivity contribution in [2.75, 3.05) is 27.9 Å². The number of likely N-dealkylation sites (N-methyl/N-ethyl adjacent to an activating group) is 1. The molecule has 0 aliphatic heterocycles. The molecule has 0 aliphatic rings. The summed E-state index contributed by atoms with van der Waals surface area (Å²) in [6.07, 6.45) is -5.12. The largest absolute Gasteiger partial charge is 0.416 e. The number of hydrogen-bond acceptors (Lipinski definition) is 3. The van der Waals surface area contributed by atoms with Gasteiger partial charge in [-0.15, -0.1) is 0 Å². The highest BCUT2D eigenvalue weighted by atomic mass is 19.4. The minimum atomic E-state index is -4.43. The SMILES string of the molecule is COC[C@@H](c1cccc(C(F)(F)F)c1)N(C)C(=O)[C@@H](C)OC. The average molecular weight is 319 g/mol. The summed E-state index contributed by atoms with van der Waals surface area (Å²) < 4.78 is 48.5. The Morgan fingerprint density at radius 1 is 1.32 bits per heavy atom. The highest BCUT2D eigenvalue weighted by Gasteiger charge is 2.32. The van der Waals surface area contributed by atoms with E-state index in [4.69, 9.17) is 9.47 Å². The lowest BCUT2D eigenvalue weighted by atomic mass is 10.0. The number of methoxy groups -OCH3 is 2. The summed E-state index contributed by atoms with van der Waals surface area (Å²) in [5, 5.41) is 0. The molecule has 1 aromatic rings. The van der Waals surface area contributed by atoms with E-state index in [0.29, 0.717) is 5.56 Å². The maximum Gasteiger partial charge on any atom is 0.416 e. The summed E-state index contributed by atoms with van der Waals surface area (Å²) in [6, 6.07) is 4.26. The average Bonchev–Trinajstić information content (AvgIpc) is 2.49. The van der Waals surface area contributed by atoms with Gasteiger partial charge in [-0.25, -0.2) is 0 Å². The Hall–Kier alpha value is -1.60. The molecule has 0 saturated heterocycles. The fourth-order valence-corrected chi connectivity index (χ4v) is 2.05. The maximum atomic E-state index is 12.8. The zero-order valence-corrected chi connectivity index (χ0v) is 13.0. The van der Waals surface area contributed by atoms with E-state index in [2.05, 4.69) is 0 Å². The van der Waals surface area contributed by atoms with Gasteiger partial charge in [0.1, 0.15) is 6.10 Å². The third kappa shape index (κ3) is 4.45. The number of halogens is 3. The van der Waals surface area contributed by atoms with Crippen molar-refractivity contribution in [3.63, 3.8) is 0 Å². The topological polar surface area (TPSA) is 38.8 Å². The van der Waals surface area contributed by atoms with Crippen LogP contribution in [0, 0.1) is 0 Å². The van der Waals surface area contributed by atoms with Crippen molar-refractivity contribution < 1.29 is 27.4 Å². The number of nitrogens with zero attached hydrogens (tertiary/aromatic N) is 1. The van der Waals surface area contributed by atoms with Crippen LogP contribution < -0.4 is 0 Å². The van der Waals surface area contributed by atoms with Crippen LogP contribution in [0.2, 0.25) is 0 Å². The number of hydrogen-bond donors (Lipinski definition) is 0. The van der Waals surface area contributed by atoms with Crippen LogP contribution in [-0.2, 0) is 20.4 Å². The maximum absolute atomic E-state index is 12.8. The smallest absolute Gasteiger partial charge is 0.382 e. The third-order valence-electron chi connectivity index (χ3n) is 3.44. The van der Waals surface area contributed by atoms with Gasteiger partial charge in [0.15, 0.2) is 0 Å². The Balaban J connectivity index is 3.13. The number of rotatable bonds is 6. The van der Waals surface area contributed by atoms with Gasteiger partial charge in [-0.1, -0.05) is 12.1 Å². The fraction of sp³-hybridized carbons (Fsp3) is 0.533. The van der Waals surface area contributed by atoms with Crippen molar-refractivity contribution in [1.82, 2.24) is 4.90 Å². The van der Waals surface area contributed by atoms with E-state index >= 15 is 0 Å². The van der Waals surface area contributed by atoms with E-state index in [9.17, 15) is 18.0 Å². The molecule has 0 bridgehead atoms. The molecule has 1 aromatic carbocycles. The number of benzene rings is 1. The Morgan fingerprint density at radius 3 is 2.45 bits per heavy atom. The Kier molecular flexibility index (Phi) is 6.37. The molecule has 0 spiro atoms. The van der Waals surface area contributed by atoms with Gasteiger partial charge in [0.05, 0.1) is 18.2 Å². The van der Waals surface area contributed by atoms with Gasteiger partial charge in [0.25, 0.3) is 5.91 Å². The first-order valence-electron chi connectivity index (χ1n) is 6.68. The lowest BCUT2D eigenvalue weighted by molar-refractivity contribution is -0.143. The second-order valence-electron chi connectivity index (χ2n) is 4.92. The van der Waals surface area contributed by atoms with Gasteiger partial charge in [-0.2, -0.15) is 13.2 Å². The molecule has 1 amide bonds. The Morgan fingerprint density at radius 2 is 1.95 bits per heavy atom. The summed E-state index contributed by atoms with van der Waals surface area (Å²) >= 11 is 0. The summed E-state index contributed by atoms with van der Waals surface area (Å²) in [5.74, 6) is -0.332. The van der Waals surface area contributed by atoms with Crippen LogP contribution in [0.25, 0.3) is 0 Å². The number of amides is 1. The molecule has 0 saturated carbocycles. The Labute approximate surface area is 127 Å². The first-order chi connectivity index (χ1) is 10.2. The number of alkyl halides is 3. The first kappa shape index (κ1) is 18.4. The molecule has 4 nitrogen and oxygen atoms in total. The van der Waals surface area contributed by atoms with Gasteiger partial charge < -0.3 is 14.4 Å². The standard InChI is InChI=1S/C15H20F3NO3/c1-10(22-4)14(20)19(2)13(9-21-3)11-6-5-7-12(8-11)15(16,17)18/h5-8,10,13H,9H2,1-4H3/t10-,13+/m1/s1. The molecular formula is C15H20F3NO3. The Bertz CT molecular complexity index is 505. The van der Waals surface area contributed by atoms with Gasteiger partial charge in [-0.05, 0) is 24.6 Å². The summed E-state index contributed by atoms with van der Waals surface area (Å²) in [5.41, 5.74) is -0.400. The summed E-state index contributed by atoms with van der Waals surface area (Å²) in [7, 11) is 4.34. The quantitative estimate of drug-likeness (QED) is 0.809. The minimum Gasteiger partial charge on any atom is -0.382 e. The third-order valence-corrected chi connectivity index (χ3v) is 3.44. The van der Waals surface area contributed by atoms with E-state index in [-0.39, 0.29) is 12.5 Å². The van der Waals surface area contributed by atoms with E-state index in [1.54, 1.807) is 13.0 Å². The summed E-state index contributed by atoms with van der Waals surface area (Å²) in [4.78, 5) is 13.5. The van der Waals surface area contributed by atoms with Gasteiger partial charge in [-0.3, -0.25) is 4.79 Å². The van der Waals surface area contributed by atoms with Crippen LogP contribution in [0.3, 0.4) is 0 Å². The number of carbonyl (C=O) groups is 1. The molecular weight excluding hydrogens is 299 g/mol. The van der Waals surface area contributed by atoms with Crippen LogP contribution in [0.1, 0.15) is 24.1 Å². The molecule has 22 heavy (non-hydrogen) atoms. The molecule has 0 radical (unpaired) electrons. The van der Waals surface area contributed by atoms with Crippen molar-refractivity contribution >= 4 is 5.91 Å². The first-order valence-corrected chi connectivity index (χ1v) is 6.68. The lowest BCUT2D eigenvalue weighted by Gasteiger charge is -2.30. The van der Waals surface area contributed by atoms with Crippen molar-refractivity contribution in [3.8, 4) is 0 Å². The van der Waals surface area contributed by atoms with Crippen LogP contribution in [0.5, 0.6) is 0 Å². The fourth-order valence-electron chi connectivity index (χ4n) is 2.05. The van der Waals surface area contributed by atoms with E-state index in [1.807, 2.05) is 0 Å². The predicted octanol–water partition coefficient (Wildman–Crippen LogP) is 2.89. The van der Waals surface area contributed by atoms with Crippen LogP contribution in [0.15, 0.2) is 24.3 Å². The van der Waals surface area contributed by atoms with Gasteiger partial charge in [0.2, 0.25) is 0 Å². The number of carbonyl (C=O) groups excluding carboxylic acids is 1. The zero-order valence-electron chi connectivity index (χ0n) is 13.0. The van der Waals surface area contributed by atoms with Gasteiger partial charge >= 0.3 is 6.18 Å². The van der Waals surface area contributed by atoms with Crippen LogP contribution in [-0.4, -0.2) is 44.8 Å². The molecule has 0 N–H and O–H groups in total. The lowest BCUT2D eigenvalue weighted by Crippen LogP contribution is -2.40. The van der Waals surface area contributed by atoms with Crippen molar-refractivity contribution in [2.45, 2.75) is 25.2 Å². The van der Waals surface area contributed by atoms with E-state index < -0.39 is 23.9 Å². The van der Waals surface area contributed by atoms with Gasteiger partial charge in [0, 0.05) is 21.3 Å². The molecule has 0 aliphatic carbocycles. The monoisotopic (exact) mass is 319 g/mol. The molecule has 0 fully saturated rings. The molecule has 0 heterocycles. The second kappa shape index (κ2) is 7.60. The van der Waals surface area contributed by atoms with E-state index in [0.717, 1.165) is 12.1 Å². The molecule has 0 unspecified atom stereocenters. The highest BCUT2D eigenvalue weighted by Crippen LogP contribution is 2.32. The molecule has 2 atom stereocenters. The normalized spacial score (nSPS) is 14.5. The molecule has 7 heteroatoms. The van der Waals surface area contributed by atoms with Crippen LogP contribution in [0.4, 0.5) is 13.2 Å². The highest BCUT2D eigenvalue weighted by molar-refractivity contribution is 5.80. The predicted molar refractivity (Wildman–Crippen MR) is 75.3 cm³/mol. The minimum absolute atomic E-state index is 0.0833. The van der Waals surface area contributed by atoms with Crippen molar-refractivity contribution in [1.29, 1.82) is 0 Å². The van der Waals surface area contributed by atoms with Crippen molar-refractivity contribution in [3.05, 3.63) is 35.4 Å². The van der Waals surface area contributed by atoms with E-state index in [1.165, 1.54) is 32.2 Å².